The van der Waals surface area contributed by atoms with Crippen molar-refractivity contribution in [2.24, 2.45) is 14.1 Å². The predicted molar refractivity (Wildman–Crippen MR) is 127 cm³/mol. The second-order valence-electron chi connectivity index (χ2n) is 8.51. The van der Waals surface area contributed by atoms with Crippen LogP contribution in [0.4, 0.5) is 18.9 Å². The summed E-state index contributed by atoms with van der Waals surface area (Å²) in [5.74, 6) is -0.391. The van der Waals surface area contributed by atoms with Crippen molar-refractivity contribution in [2.75, 3.05) is 11.1 Å². The predicted octanol–water partition coefficient (Wildman–Crippen LogP) is 3.82. The Morgan fingerprint density at radius 1 is 1.09 bits per heavy atom. The summed E-state index contributed by atoms with van der Waals surface area (Å²) in [4.78, 5) is 47.1. The molecule has 4 rings (SSSR count). The molecule has 12 heteroatoms. The molecule has 1 N–H and O–H groups in total. The standard InChI is InChI=1S/C23H24F3N5O3S/c1-30-19-17(21(33)31(2)22(30)34)20(29-18(28-19)13-8-4-3-5-9-13)35-12-16(32)27-15-11-7-6-10-14(15)23(24,25)26/h6-7,10-11,13H,3-5,8-9,12H2,1-2H3,(H,27,32). The first-order valence-corrected chi connectivity index (χ1v) is 12.1. The van der Waals surface area contributed by atoms with E-state index in [0.717, 1.165) is 54.5 Å². The quantitative estimate of drug-likeness (QED) is 0.416. The summed E-state index contributed by atoms with van der Waals surface area (Å²) in [5.41, 5.74) is -2.25. The van der Waals surface area contributed by atoms with Crippen LogP contribution in [0.1, 0.15) is 49.4 Å². The van der Waals surface area contributed by atoms with E-state index >= 15 is 0 Å². The number of hydrogen-bond acceptors (Lipinski definition) is 6. The molecule has 0 aliphatic heterocycles. The van der Waals surface area contributed by atoms with Gasteiger partial charge in [-0.25, -0.2) is 14.8 Å². The number of benzene rings is 1. The number of fused-ring (bicyclic) bond motifs is 1. The van der Waals surface area contributed by atoms with Gasteiger partial charge in [0.05, 0.1) is 17.0 Å². The van der Waals surface area contributed by atoms with Crippen molar-refractivity contribution in [2.45, 2.75) is 49.2 Å². The number of hydrogen-bond donors (Lipinski definition) is 1. The summed E-state index contributed by atoms with van der Waals surface area (Å²) in [6.07, 6.45) is 0.290. The van der Waals surface area contributed by atoms with Gasteiger partial charge in [-0.3, -0.25) is 18.7 Å². The molecule has 0 unspecified atom stereocenters. The van der Waals surface area contributed by atoms with E-state index in [9.17, 15) is 27.6 Å². The molecule has 1 aliphatic rings. The first-order valence-electron chi connectivity index (χ1n) is 11.1. The van der Waals surface area contributed by atoms with Crippen molar-refractivity contribution < 1.29 is 18.0 Å². The summed E-state index contributed by atoms with van der Waals surface area (Å²) in [6.45, 7) is 0. The van der Waals surface area contributed by atoms with Crippen LogP contribution < -0.4 is 16.6 Å². The Hall–Kier alpha value is -3.15. The van der Waals surface area contributed by atoms with Crippen LogP contribution in [0.25, 0.3) is 11.0 Å². The minimum absolute atomic E-state index is 0.0687. The fraction of sp³-hybridized carbons (Fsp3) is 0.435. The molecule has 2 heterocycles. The number of nitrogens with one attached hydrogen (secondary N) is 1. The third kappa shape index (κ3) is 5.12. The second kappa shape index (κ2) is 9.84. The first kappa shape index (κ1) is 25.0. The molecule has 0 radical (unpaired) electrons. The highest BCUT2D eigenvalue weighted by molar-refractivity contribution is 8.00. The highest BCUT2D eigenvalue weighted by Gasteiger charge is 2.33. The van der Waals surface area contributed by atoms with Gasteiger partial charge in [0.1, 0.15) is 16.2 Å². The Balaban J connectivity index is 1.69. The van der Waals surface area contributed by atoms with E-state index in [1.807, 2.05) is 0 Å². The number of alkyl halides is 3. The highest BCUT2D eigenvalue weighted by atomic mass is 32.2. The lowest BCUT2D eigenvalue weighted by molar-refractivity contribution is -0.137. The van der Waals surface area contributed by atoms with Crippen molar-refractivity contribution >= 4 is 34.4 Å². The fourth-order valence-electron chi connectivity index (χ4n) is 4.25. The van der Waals surface area contributed by atoms with Crippen LogP contribution >= 0.6 is 11.8 Å². The maximum Gasteiger partial charge on any atom is 0.418 e. The van der Waals surface area contributed by atoms with E-state index in [1.165, 1.54) is 36.9 Å². The molecule has 1 aromatic carbocycles. The van der Waals surface area contributed by atoms with Crippen molar-refractivity contribution in [1.29, 1.82) is 0 Å². The minimum Gasteiger partial charge on any atom is -0.325 e. The minimum atomic E-state index is -4.62. The number of carbonyl (C=O) groups excluding carboxylic acids is 1. The number of halogens is 3. The third-order valence-corrected chi connectivity index (χ3v) is 7.08. The number of rotatable bonds is 5. The molecule has 1 fully saturated rings. The third-order valence-electron chi connectivity index (χ3n) is 6.10. The number of nitrogens with zero attached hydrogens (tertiary/aromatic N) is 4. The maximum absolute atomic E-state index is 13.3. The van der Waals surface area contributed by atoms with Crippen LogP contribution in [0.2, 0.25) is 0 Å². The smallest absolute Gasteiger partial charge is 0.325 e. The lowest BCUT2D eigenvalue weighted by Gasteiger charge is -2.21. The average Bonchev–Trinajstić information content (AvgIpc) is 2.84. The fourth-order valence-corrected chi connectivity index (χ4v) is 5.07. The normalized spacial score (nSPS) is 14.9. The SMILES string of the molecule is Cn1c(=O)c2c(SCC(=O)Nc3ccccc3C(F)(F)F)nc(C3CCCCC3)nc2n(C)c1=O. The molecule has 3 aromatic rings. The van der Waals surface area contributed by atoms with Crippen LogP contribution in [-0.4, -0.2) is 30.8 Å². The van der Waals surface area contributed by atoms with Crippen LogP contribution in [0, 0.1) is 0 Å². The number of aryl methyl sites for hydroxylation is 1. The number of anilines is 1. The lowest BCUT2D eigenvalue weighted by Crippen LogP contribution is -2.38. The maximum atomic E-state index is 13.3. The highest BCUT2D eigenvalue weighted by Crippen LogP contribution is 2.35. The molecule has 2 aromatic heterocycles. The molecule has 0 bridgehead atoms. The van der Waals surface area contributed by atoms with Gasteiger partial charge in [0.2, 0.25) is 5.91 Å². The van der Waals surface area contributed by atoms with E-state index in [2.05, 4.69) is 15.3 Å². The summed E-state index contributed by atoms with van der Waals surface area (Å²) in [5, 5.41) is 2.63. The Bertz CT molecular complexity index is 1390. The number of amides is 1. The summed E-state index contributed by atoms with van der Waals surface area (Å²) in [7, 11) is 2.85. The molecule has 0 spiro atoms. The topological polar surface area (TPSA) is 98.9 Å². The number of carbonyl (C=O) groups is 1. The second-order valence-corrected chi connectivity index (χ2v) is 9.47. The van der Waals surface area contributed by atoms with Gasteiger partial charge < -0.3 is 5.32 Å². The monoisotopic (exact) mass is 507 g/mol. The van der Waals surface area contributed by atoms with E-state index < -0.39 is 28.9 Å². The van der Waals surface area contributed by atoms with Gasteiger partial charge in [0, 0.05) is 20.0 Å². The van der Waals surface area contributed by atoms with Crippen LogP contribution in [-0.2, 0) is 25.1 Å². The molecule has 1 saturated carbocycles. The van der Waals surface area contributed by atoms with Gasteiger partial charge in [0.25, 0.3) is 5.56 Å². The Labute approximate surface area is 202 Å². The van der Waals surface area contributed by atoms with E-state index in [4.69, 9.17) is 0 Å². The van der Waals surface area contributed by atoms with E-state index in [-0.39, 0.29) is 33.4 Å². The summed E-state index contributed by atoms with van der Waals surface area (Å²) >= 11 is 0.933. The molecule has 186 valence electrons. The van der Waals surface area contributed by atoms with Crippen molar-refractivity contribution in [3.63, 3.8) is 0 Å². The molecular weight excluding hydrogens is 483 g/mol. The number of aromatic nitrogens is 4. The van der Waals surface area contributed by atoms with Gasteiger partial charge in [-0.05, 0) is 25.0 Å². The number of thioether (sulfide) groups is 1. The lowest BCUT2D eigenvalue weighted by atomic mass is 9.89. The van der Waals surface area contributed by atoms with Gasteiger partial charge in [-0.2, -0.15) is 13.2 Å². The van der Waals surface area contributed by atoms with Crippen LogP contribution in [0.15, 0.2) is 38.9 Å². The molecule has 0 atom stereocenters. The van der Waals surface area contributed by atoms with Crippen molar-refractivity contribution in [1.82, 2.24) is 19.1 Å². The zero-order valence-corrected chi connectivity index (χ0v) is 20.0. The van der Waals surface area contributed by atoms with Gasteiger partial charge in [-0.1, -0.05) is 43.2 Å². The Morgan fingerprint density at radius 3 is 2.46 bits per heavy atom. The number of para-hydroxylation sites is 1. The molecular formula is C23H24F3N5O3S. The van der Waals surface area contributed by atoms with Gasteiger partial charge >= 0.3 is 11.9 Å². The largest absolute Gasteiger partial charge is 0.418 e. The zero-order valence-electron chi connectivity index (χ0n) is 19.2. The molecule has 0 saturated heterocycles. The molecule has 1 amide bonds. The summed E-state index contributed by atoms with van der Waals surface area (Å²) < 4.78 is 42.0. The summed E-state index contributed by atoms with van der Waals surface area (Å²) in [6, 6.07) is 4.71. The molecule has 1 aliphatic carbocycles. The van der Waals surface area contributed by atoms with E-state index in [0.29, 0.717) is 5.82 Å². The average molecular weight is 508 g/mol. The van der Waals surface area contributed by atoms with E-state index in [1.54, 1.807) is 0 Å². The van der Waals surface area contributed by atoms with Gasteiger partial charge in [0.15, 0.2) is 5.65 Å². The Kier molecular flexibility index (Phi) is 7.02. The molecule has 8 nitrogen and oxygen atoms in total. The van der Waals surface area contributed by atoms with Crippen LogP contribution in [0.3, 0.4) is 0 Å². The van der Waals surface area contributed by atoms with Crippen molar-refractivity contribution in [3.05, 3.63) is 56.5 Å². The van der Waals surface area contributed by atoms with Crippen molar-refractivity contribution in [3.8, 4) is 0 Å². The van der Waals surface area contributed by atoms with Crippen LogP contribution in [0.5, 0.6) is 0 Å². The first-order chi connectivity index (χ1) is 16.6. The zero-order chi connectivity index (χ0) is 25.3. The van der Waals surface area contributed by atoms with Gasteiger partial charge in [-0.15, -0.1) is 0 Å². The Morgan fingerprint density at radius 2 is 1.77 bits per heavy atom. The molecule has 35 heavy (non-hydrogen) atoms.